The highest BCUT2D eigenvalue weighted by Crippen LogP contribution is 2.37. The van der Waals surface area contributed by atoms with Crippen LogP contribution in [0, 0.1) is 11.6 Å². The molecule has 4 aromatic carbocycles. The fourth-order valence-corrected chi connectivity index (χ4v) is 3.52. The Hall–Kier alpha value is -4.05. The van der Waals surface area contributed by atoms with Crippen LogP contribution in [0.5, 0.6) is 5.75 Å². The van der Waals surface area contributed by atoms with Crippen molar-refractivity contribution in [2.45, 2.75) is 0 Å². The standard InChI is InChI=1S/C28H20F2O2/c1-32-27-18-22(20-8-12-23(29)13-9-20)17-25(21-10-14-24(30)15-11-21)28(27)26(31)16-7-19-5-3-2-4-6-19/h2-18H,1H3. The van der Waals surface area contributed by atoms with Gasteiger partial charge in [-0.1, -0.05) is 60.7 Å². The second-order valence-corrected chi connectivity index (χ2v) is 7.22. The number of carbonyl (C=O) groups is 1. The summed E-state index contributed by atoms with van der Waals surface area (Å²) in [5, 5.41) is 0. The number of rotatable bonds is 6. The number of methoxy groups -OCH3 is 1. The van der Waals surface area contributed by atoms with Gasteiger partial charge in [-0.15, -0.1) is 0 Å². The highest BCUT2D eigenvalue weighted by molar-refractivity contribution is 6.13. The fraction of sp³-hybridized carbons (Fsp3) is 0.0357. The van der Waals surface area contributed by atoms with Crippen LogP contribution in [0.3, 0.4) is 0 Å². The smallest absolute Gasteiger partial charge is 0.190 e. The molecule has 4 heteroatoms. The summed E-state index contributed by atoms with van der Waals surface area (Å²) in [6, 6.07) is 25.1. The molecule has 0 atom stereocenters. The Morgan fingerprint density at radius 1 is 0.750 bits per heavy atom. The van der Waals surface area contributed by atoms with E-state index in [-0.39, 0.29) is 17.4 Å². The summed E-state index contributed by atoms with van der Waals surface area (Å²) in [6.07, 6.45) is 3.24. The van der Waals surface area contributed by atoms with E-state index in [1.165, 1.54) is 37.5 Å². The highest BCUT2D eigenvalue weighted by Gasteiger charge is 2.19. The van der Waals surface area contributed by atoms with Crippen LogP contribution >= 0.6 is 0 Å². The molecule has 0 aliphatic rings. The van der Waals surface area contributed by atoms with Gasteiger partial charge >= 0.3 is 0 Å². The minimum absolute atomic E-state index is 0.240. The van der Waals surface area contributed by atoms with Gasteiger partial charge in [0, 0.05) is 0 Å². The van der Waals surface area contributed by atoms with E-state index in [0.29, 0.717) is 22.4 Å². The highest BCUT2D eigenvalue weighted by atomic mass is 19.1. The third-order valence-electron chi connectivity index (χ3n) is 5.13. The number of hydrogen-bond acceptors (Lipinski definition) is 2. The predicted octanol–water partition coefficient (Wildman–Crippen LogP) is 7.20. The molecule has 0 spiro atoms. The van der Waals surface area contributed by atoms with Gasteiger partial charge in [-0.3, -0.25) is 4.79 Å². The first-order chi connectivity index (χ1) is 15.5. The van der Waals surface area contributed by atoms with Crippen LogP contribution in [0.25, 0.3) is 28.3 Å². The van der Waals surface area contributed by atoms with Gasteiger partial charge in [0.2, 0.25) is 0 Å². The second-order valence-electron chi connectivity index (χ2n) is 7.22. The first-order valence-electron chi connectivity index (χ1n) is 10.1. The Labute approximate surface area is 185 Å². The van der Waals surface area contributed by atoms with Crippen molar-refractivity contribution < 1.29 is 18.3 Å². The van der Waals surface area contributed by atoms with Crippen LogP contribution in [0.2, 0.25) is 0 Å². The predicted molar refractivity (Wildman–Crippen MR) is 124 cm³/mol. The van der Waals surface area contributed by atoms with E-state index >= 15 is 0 Å². The van der Waals surface area contributed by atoms with Gasteiger partial charge in [0.1, 0.15) is 17.4 Å². The minimum atomic E-state index is -0.368. The van der Waals surface area contributed by atoms with E-state index in [9.17, 15) is 13.6 Å². The normalized spacial score (nSPS) is 11.0. The van der Waals surface area contributed by atoms with Crippen molar-refractivity contribution in [3.63, 3.8) is 0 Å². The van der Waals surface area contributed by atoms with Crippen molar-refractivity contribution in [2.75, 3.05) is 7.11 Å². The number of hydrogen-bond donors (Lipinski definition) is 0. The zero-order chi connectivity index (χ0) is 22.5. The molecule has 0 fully saturated rings. The average molecular weight is 426 g/mol. The zero-order valence-corrected chi connectivity index (χ0v) is 17.4. The molecule has 0 radical (unpaired) electrons. The number of ether oxygens (including phenoxy) is 1. The van der Waals surface area contributed by atoms with Gasteiger partial charge in [0.15, 0.2) is 5.78 Å². The Bertz CT molecular complexity index is 1260. The first kappa shape index (κ1) is 21.2. The molecule has 4 aromatic rings. The lowest BCUT2D eigenvalue weighted by Crippen LogP contribution is -2.03. The molecule has 0 aliphatic carbocycles. The van der Waals surface area contributed by atoms with Crippen LogP contribution in [0.4, 0.5) is 8.78 Å². The quantitative estimate of drug-likeness (QED) is 0.241. The van der Waals surface area contributed by atoms with E-state index in [1.54, 1.807) is 36.4 Å². The van der Waals surface area contributed by atoms with E-state index in [0.717, 1.165) is 16.7 Å². The van der Waals surface area contributed by atoms with E-state index in [4.69, 9.17) is 4.74 Å². The lowest BCUT2D eigenvalue weighted by atomic mass is 9.91. The van der Waals surface area contributed by atoms with Crippen LogP contribution in [0.15, 0.2) is 97.1 Å². The van der Waals surface area contributed by atoms with Crippen LogP contribution in [0.1, 0.15) is 15.9 Å². The monoisotopic (exact) mass is 426 g/mol. The molecule has 0 saturated heterocycles. The Morgan fingerprint density at radius 2 is 1.34 bits per heavy atom. The maximum atomic E-state index is 13.6. The van der Waals surface area contributed by atoms with Crippen molar-refractivity contribution in [3.05, 3.63) is 120 Å². The topological polar surface area (TPSA) is 26.3 Å². The van der Waals surface area contributed by atoms with E-state index in [2.05, 4.69) is 0 Å². The molecule has 32 heavy (non-hydrogen) atoms. The van der Waals surface area contributed by atoms with Crippen molar-refractivity contribution in [1.29, 1.82) is 0 Å². The van der Waals surface area contributed by atoms with Crippen molar-refractivity contribution in [3.8, 4) is 28.0 Å². The summed E-state index contributed by atoms with van der Waals surface area (Å²) in [7, 11) is 1.50. The Balaban J connectivity index is 1.87. The van der Waals surface area contributed by atoms with Gasteiger partial charge in [-0.25, -0.2) is 8.78 Å². The summed E-state index contributed by atoms with van der Waals surface area (Å²) in [5.74, 6) is -0.561. The molecule has 4 rings (SSSR count). The summed E-state index contributed by atoms with van der Waals surface area (Å²) < 4.78 is 32.6. The van der Waals surface area contributed by atoms with Gasteiger partial charge in [-0.05, 0) is 70.3 Å². The summed E-state index contributed by atoms with van der Waals surface area (Å²) >= 11 is 0. The zero-order valence-electron chi connectivity index (χ0n) is 17.4. The molecule has 0 aliphatic heterocycles. The third kappa shape index (κ3) is 4.65. The Kier molecular flexibility index (Phi) is 6.22. The third-order valence-corrected chi connectivity index (χ3v) is 5.13. The summed E-state index contributed by atoms with van der Waals surface area (Å²) in [5.41, 5.74) is 4.07. The molecule has 158 valence electrons. The average Bonchev–Trinajstić information content (AvgIpc) is 2.83. The molecular formula is C28H20F2O2. The number of carbonyl (C=O) groups excluding carboxylic acids is 1. The van der Waals surface area contributed by atoms with Crippen LogP contribution in [-0.2, 0) is 0 Å². The lowest BCUT2D eigenvalue weighted by molar-refractivity contribution is 0.104. The maximum Gasteiger partial charge on any atom is 0.190 e. The van der Waals surface area contributed by atoms with Crippen LogP contribution in [-0.4, -0.2) is 12.9 Å². The van der Waals surface area contributed by atoms with Crippen molar-refractivity contribution >= 4 is 11.9 Å². The molecule has 0 bridgehead atoms. The second kappa shape index (κ2) is 9.40. The summed E-state index contributed by atoms with van der Waals surface area (Å²) in [4.78, 5) is 13.3. The molecule has 0 heterocycles. The largest absolute Gasteiger partial charge is 0.496 e. The molecule has 0 saturated carbocycles. The first-order valence-corrected chi connectivity index (χ1v) is 10.1. The number of halogens is 2. The number of benzene rings is 4. The molecule has 0 unspecified atom stereocenters. The van der Waals surface area contributed by atoms with Gasteiger partial charge < -0.3 is 4.74 Å². The van der Waals surface area contributed by atoms with E-state index < -0.39 is 0 Å². The van der Waals surface area contributed by atoms with Gasteiger partial charge in [0.25, 0.3) is 0 Å². The van der Waals surface area contributed by atoms with E-state index in [1.807, 2.05) is 36.4 Å². The molecule has 2 nitrogen and oxygen atoms in total. The Morgan fingerprint density at radius 3 is 1.94 bits per heavy atom. The molecule has 0 aromatic heterocycles. The van der Waals surface area contributed by atoms with Crippen LogP contribution < -0.4 is 4.74 Å². The lowest BCUT2D eigenvalue weighted by Gasteiger charge is -2.15. The SMILES string of the molecule is COc1cc(-c2ccc(F)cc2)cc(-c2ccc(F)cc2)c1C(=O)C=Cc1ccccc1. The summed E-state index contributed by atoms with van der Waals surface area (Å²) in [6.45, 7) is 0. The number of allylic oxidation sites excluding steroid dienone is 1. The van der Waals surface area contributed by atoms with Crippen molar-refractivity contribution in [1.82, 2.24) is 0 Å². The molecule has 0 N–H and O–H groups in total. The fourth-order valence-electron chi connectivity index (χ4n) is 3.52. The van der Waals surface area contributed by atoms with Crippen molar-refractivity contribution in [2.24, 2.45) is 0 Å². The maximum absolute atomic E-state index is 13.6. The molecular weight excluding hydrogens is 406 g/mol. The van der Waals surface area contributed by atoms with Gasteiger partial charge in [-0.2, -0.15) is 0 Å². The minimum Gasteiger partial charge on any atom is -0.496 e. The van der Waals surface area contributed by atoms with Gasteiger partial charge in [0.05, 0.1) is 12.7 Å². The molecule has 0 amide bonds. The number of ketones is 1.